The Hall–Kier alpha value is -0.850. The summed E-state index contributed by atoms with van der Waals surface area (Å²) >= 11 is 0. The summed E-state index contributed by atoms with van der Waals surface area (Å²) in [6, 6.07) is 0. The summed E-state index contributed by atoms with van der Waals surface area (Å²) in [7, 11) is 0. The van der Waals surface area contributed by atoms with Crippen molar-refractivity contribution >= 4 is 6.29 Å². The van der Waals surface area contributed by atoms with E-state index < -0.39 is 0 Å². The molecule has 1 nitrogen and oxygen atoms in total. The van der Waals surface area contributed by atoms with Gasteiger partial charge < -0.3 is 4.79 Å². The molecule has 1 heteroatoms. The van der Waals surface area contributed by atoms with Gasteiger partial charge in [0.15, 0.2) is 0 Å². The number of rotatable bonds is 7. The monoisotopic (exact) mass is 180 g/mol. The second-order valence-corrected chi connectivity index (χ2v) is 3.61. The molecule has 0 aliphatic carbocycles. The quantitative estimate of drug-likeness (QED) is 0.332. The van der Waals surface area contributed by atoms with Crippen molar-refractivity contribution in [1.82, 2.24) is 0 Å². The summed E-state index contributed by atoms with van der Waals surface area (Å²) in [6.07, 6.45) is 8.12. The predicted molar refractivity (Wildman–Crippen MR) is 57.7 cm³/mol. The number of aldehydes is 1. The van der Waals surface area contributed by atoms with E-state index in [1.54, 1.807) is 0 Å². The Morgan fingerprint density at radius 2 is 1.92 bits per heavy atom. The van der Waals surface area contributed by atoms with Gasteiger partial charge in [-0.2, -0.15) is 0 Å². The third-order valence-electron chi connectivity index (χ3n) is 1.96. The van der Waals surface area contributed by atoms with E-state index in [1.807, 2.05) is 0 Å². The largest absolute Gasteiger partial charge is 0.303 e. The summed E-state index contributed by atoms with van der Waals surface area (Å²) in [6.45, 7) is 8.03. The lowest BCUT2D eigenvalue weighted by atomic mass is 10.1. The Bertz CT molecular complexity index is 189. The van der Waals surface area contributed by atoms with Gasteiger partial charge >= 0.3 is 0 Å². The summed E-state index contributed by atoms with van der Waals surface area (Å²) in [5, 5.41) is 0. The topological polar surface area (TPSA) is 17.1 Å². The van der Waals surface area contributed by atoms with Crippen LogP contribution >= 0.6 is 0 Å². The van der Waals surface area contributed by atoms with Crippen LogP contribution in [-0.2, 0) is 4.79 Å². The van der Waals surface area contributed by atoms with Crippen molar-refractivity contribution in [3.05, 3.63) is 23.8 Å². The van der Waals surface area contributed by atoms with Crippen LogP contribution in [0.5, 0.6) is 0 Å². The molecule has 0 aromatic heterocycles. The second kappa shape index (κ2) is 7.78. The molecule has 0 unspecified atom stereocenters. The van der Waals surface area contributed by atoms with E-state index in [9.17, 15) is 4.79 Å². The maximum absolute atomic E-state index is 10.1. The van der Waals surface area contributed by atoms with Gasteiger partial charge in [-0.25, -0.2) is 0 Å². The molecule has 13 heavy (non-hydrogen) atoms. The van der Waals surface area contributed by atoms with Crippen LogP contribution in [0.25, 0.3) is 0 Å². The van der Waals surface area contributed by atoms with Gasteiger partial charge in [-0.05, 0) is 39.5 Å². The zero-order valence-electron chi connectivity index (χ0n) is 8.81. The van der Waals surface area contributed by atoms with E-state index in [0.29, 0.717) is 6.42 Å². The first kappa shape index (κ1) is 12.2. The summed E-state index contributed by atoms with van der Waals surface area (Å²) in [5.41, 5.74) is 2.63. The molecule has 0 fully saturated rings. The van der Waals surface area contributed by atoms with Gasteiger partial charge in [0.05, 0.1) is 0 Å². The normalized spacial score (nSPS) is 11.4. The molecule has 0 aromatic rings. The van der Waals surface area contributed by atoms with Crippen LogP contribution in [0.1, 0.15) is 46.0 Å². The Morgan fingerprint density at radius 3 is 2.46 bits per heavy atom. The van der Waals surface area contributed by atoms with Gasteiger partial charge in [-0.3, -0.25) is 0 Å². The van der Waals surface area contributed by atoms with Crippen molar-refractivity contribution in [1.29, 1.82) is 0 Å². The zero-order chi connectivity index (χ0) is 10.1. The highest BCUT2D eigenvalue weighted by Gasteiger charge is 1.90. The number of unbranched alkanes of at least 4 members (excludes halogenated alkanes) is 1. The SMILES string of the molecule is C=C(C)CCC=C(C)CCCC=O. The molecule has 0 saturated heterocycles. The van der Waals surface area contributed by atoms with Gasteiger partial charge in [0.25, 0.3) is 0 Å². The van der Waals surface area contributed by atoms with E-state index in [2.05, 4.69) is 26.5 Å². The van der Waals surface area contributed by atoms with Crippen LogP contribution in [0.4, 0.5) is 0 Å². The standard InChI is InChI=1S/C12H20O/c1-11(2)7-6-9-12(3)8-4-5-10-13/h9-10H,1,4-8H2,2-3H3. The maximum Gasteiger partial charge on any atom is 0.120 e. The Kier molecular flexibility index (Phi) is 7.27. The van der Waals surface area contributed by atoms with Gasteiger partial charge in [0, 0.05) is 6.42 Å². The van der Waals surface area contributed by atoms with E-state index >= 15 is 0 Å². The molecule has 0 saturated carbocycles. The zero-order valence-corrected chi connectivity index (χ0v) is 8.81. The second-order valence-electron chi connectivity index (χ2n) is 3.61. The van der Waals surface area contributed by atoms with Crippen molar-refractivity contribution in [3.8, 4) is 0 Å². The highest BCUT2D eigenvalue weighted by atomic mass is 16.1. The molecule has 0 aromatic carbocycles. The fourth-order valence-electron chi connectivity index (χ4n) is 1.13. The third kappa shape index (κ3) is 9.06. The van der Waals surface area contributed by atoms with Crippen molar-refractivity contribution in [2.75, 3.05) is 0 Å². The highest BCUT2D eigenvalue weighted by molar-refractivity contribution is 5.49. The molecular weight excluding hydrogens is 160 g/mol. The van der Waals surface area contributed by atoms with Gasteiger partial charge in [0.2, 0.25) is 0 Å². The van der Waals surface area contributed by atoms with E-state index in [4.69, 9.17) is 0 Å². The van der Waals surface area contributed by atoms with Gasteiger partial charge in [-0.15, -0.1) is 6.58 Å². The molecule has 0 amide bonds. The maximum atomic E-state index is 10.1. The molecule has 0 aliphatic heterocycles. The molecule has 0 N–H and O–H groups in total. The van der Waals surface area contributed by atoms with E-state index in [-0.39, 0.29) is 0 Å². The highest BCUT2D eigenvalue weighted by Crippen LogP contribution is 2.09. The summed E-state index contributed by atoms with van der Waals surface area (Å²) in [5.74, 6) is 0. The molecule has 74 valence electrons. The van der Waals surface area contributed by atoms with Crippen LogP contribution in [0, 0.1) is 0 Å². The molecular formula is C12H20O. The lowest BCUT2D eigenvalue weighted by molar-refractivity contribution is -0.107. The minimum absolute atomic E-state index is 0.686. The van der Waals surface area contributed by atoms with Crippen LogP contribution in [-0.4, -0.2) is 6.29 Å². The fourth-order valence-corrected chi connectivity index (χ4v) is 1.13. The Balaban J connectivity index is 3.50. The molecule has 0 spiro atoms. The van der Waals surface area contributed by atoms with Crippen molar-refractivity contribution in [2.24, 2.45) is 0 Å². The Morgan fingerprint density at radius 1 is 1.23 bits per heavy atom. The average molecular weight is 180 g/mol. The van der Waals surface area contributed by atoms with Crippen molar-refractivity contribution in [2.45, 2.75) is 46.0 Å². The summed E-state index contributed by atoms with van der Waals surface area (Å²) in [4.78, 5) is 10.1. The number of allylic oxidation sites excluding steroid dienone is 3. The van der Waals surface area contributed by atoms with Crippen molar-refractivity contribution in [3.63, 3.8) is 0 Å². The number of carbonyl (C=O) groups is 1. The van der Waals surface area contributed by atoms with Gasteiger partial charge in [0.1, 0.15) is 6.29 Å². The summed E-state index contributed by atoms with van der Waals surface area (Å²) < 4.78 is 0. The number of hydrogen-bond donors (Lipinski definition) is 0. The molecule has 0 rings (SSSR count). The molecule has 0 radical (unpaired) electrons. The smallest absolute Gasteiger partial charge is 0.120 e. The van der Waals surface area contributed by atoms with Crippen LogP contribution in [0.15, 0.2) is 23.8 Å². The predicted octanol–water partition coefficient (Wildman–Crippen LogP) is 3.66. The van der Waals surface area contributed by atoms with Crippen LogP contribution < -0.4 is 0 Å². The Labute approximate surface area is 81.5 Å². The first-order valence-corrected chi connectivity index (χ1v) is 4.90. The lowest BCUT2D eigenvalue weighted by Crippen LogP contribution is -1.81. The van der Waals surface area contributed by atoms with Crippen LogP contribution in [0.3, 0.4) is 0 Å². The lowest BCUT2D eigenvalue weighted by Gasteiger charge is -1.99. The van der Waals surface area contributed by atoms with Crippen LogP contribution in [0.2, 0.25) is 0 Å². The minimum Gasteiger partial charge on any atom is -0.303 e. The van der Waals surface area contributed by atoms with E-state index in [1.165, 1.54) is 11.1 Å². The molecule has 0 aliphatic rings. The van der Waals surface area contributed by atoms with Gasteiger partial charge in [-0.1, -0.05) is 17.2 Å². The van der Waals surface area contributed by atoms with Crippen molar-refractivity contribution < 1.29 is 4.79 Å². The molecule has 0 heterocycles. The first-order valence-electron chi connectivity index (χ1n) is 4.90. The fraction of sp³-hybridized carbons (Fsp3) is 0.583. The first-order chi connectivity index (χ1) is 6.16. The number of carbonyl (C=O) groups excluding carboxylic acids is 1. The average Bonchev–Trinajstić information content (AvgIpc) is 2.04. The number of hydrogen-bond acceptors (Lipinski definition) is 1. The third-order valence-corrected chi connectivity index (χ3v) is 1.96. The minimum atomic E-state index is 0.686. The van der Waals surface area contributed by atoms with E-state index in [0.717, 1.165) is 32.0 Å². The molecule has 0 atom stereocenters. The molecule has 0 bridgehead atoms.